The van der Waals surface area contributed by atoms with E-state index in [1.54, 1.807) is 0 Å². The minimum absolute atomic E-state index is 0.134. The first-order chi connectivity index (χ1) is 10.3. The summed E-state index contributed by atoms with van der Waals surface area (Å²) in [6.45, 7) is 7.44. The lowest BCUT2D eigenvalue weighted by molar-refractivity contribution is -0.136. The smallest absolute Gasteiger partial charge is 0.225 e. The molecule has 0 aliphatic carbocycles. The van der Waals surface area contributed by atoms with Crippen LogP contribution in [0.15, 0.2) is 0 Å². The number of nitrogens with one attached hydrogen (secondary N) is 1. The Hall–Kier alpha value is -1.16. The molecule has 0 atom stereocenters. The van der Waals surface area contributed by atoms with Crippen molar-refractivity contribution >= 4 is 5.91 Å². The largest absolute Gasteiger partial charge is 0.379 e. The van der Waals surface area contributed by atoms with Crippen LogP contribution in [0.4, 0.5) is 0 Å². The molecule has 2 fully saturated rings. The quantitative estimate of drug-likeness (QED) is 0.750. The zero-order valence-electron chi connectivity index (χ0n) is 12.7. The van der Waals surface area contributed by atoms with Crippen LogP contribution in [0.1, 0.15) is 19.3 Å². The summed E-state index contributed by atoms with van der Waals surface area (Å²) in [6.07, 6.45) is 2.25. The van der Waals surface area contributed by atoms with Crippen LogP contribution in [0.5, 0.6) is 0 Å². The molecule has 21 heavy (non-hydrogen) atoms. The Kier molecular flexibility index (Phi) is 6.93. The first-order valence-corrected chi connectivity index (χ1v) is 7.98. The molecule has 2 aliphatic heterocycles. The van der Waals surface area contributed by atoms with Crippen molar-refractivity contribution in [3.05, 3.63) is 0 Å². The third kappa shape index (κ3) is 5.27. The Morgan fingerprint density at radius 2 is 2.00 bits per heavy atom. The topological polar surface area (TPSA) is 68.6 Å². The van der Waals surface area contributed by atoms with E-state index in [-0.39, 0.29) is 11.8 Å². The number of ether oxygens (including phenoxy) is 1. The predicted molar refractivity (Wildman–Crippen MR) is 79.7 cm³/mol. The molecule has 0 aromatic rings. The van der Waals surface area contributed by atoms with Crippen LogP contribution < -0.4 is 5.32 Å². The van der Waals surface area contributed by atoms with E-state index in [9.17, 15) is 4.79 Å². The molecule has 1 amide bonds. The predicted octanol–water partition coefficient (Wildman–Crippen LogP) is 0.0605. The van der Waals surface area contributed by atoms with Gasteiger partial charge in [-0.2, -0.15) is 5.26 Å². The number of hydrogen-bond acceptors (Lipinski definition) is 5. The number of piperidine rings is 1. The van der Waals surface area contributed by atoms with Crippen molar-refractivity contribution in [1.82, 2.24) is 15.1 Å². The fourth-order valence-corrected chi connectivity index (χ4v) is 2.93. The molecule has 0 aromatic carbocycles. The highest BCUT2D eigenvalue weighted by atomic mass is 16.5. The highest BCUT2D eigenvalue weighted by Crippen LogP contribution is 2.15. The molecule has 0 aromatic heterocycles. The van der Waals surface area contributed by atoms with Gasteiger partial charge in [-0.15, -0.1) is 0 Å². The summed E-state index contributed by atoms with van der Waals surface area (Å²) in [5.41, 5.74) is 0. The summed E-state index contributed by atoms with van der Waals surface area (Å²) < 4.78 is 5.34. The third-order valence-electron chi connectivity index (χ3n) is 4.28. The number of carbonyl (C=O) groups excluding carboxylic acids is 1. The fourth-order valence-electron chi connectivity index (χ4n) is 2.93. The van der Waals surface area contributed by atoms with Crippen LogP contribution in [0.3, 0.4) is 0 Å². The van der Waals surface area contributed by atoms with Gasteiger partial charge in [-0.1, -0.05) is 0 Å². The maximum Gasteiger partial charge on any atom is 0.225 e. The number of rotatable bonds is 6. The van der Waals surface area contributed by atoms with Crippen LogP contribution >= 0.6 is 0 Å². The van der Waals surface area contributed by atoms with Gasteiger partial charge in [0.15, 0.2) is 0 Å². The molecule has 0 bridgehead atoms. The summed E-state index contributed by atoms with van der Waals surface area (Å²) in [7, 11) is 0. The Bertz CT molecular complexity index is 357. The van der Waals surface area contributed by atoms with Crippen LogP contribution in [-0.4, -0.2) is 74.7 Å². The van der Waals surface area contributed by atoms with Crippen molar-refractivity contribution in [2.24, 2.45) is 5.92 Å². The maximum atomic E-state index is 12.6. The SMILES string of the molecule is N#CCCN(CCN1CCOCC1)C(=O)C1CCNCC1. The molecule has 118 valence electrons. The normalized spacial score (nSPS) is 20.9. The lowest BCUT2D eigenvalue weighted by atomic mass is 9.96. The zero-order chi connectivity index (χ0) is 14.9. The third-order valence-corrected chi connectivity index (χ3v) is 4.28. The highest BCUT2D eigenvalue weighted by Gasteiger charge is 2.26. The van der Waals surface area contributed by atoms with Crippen molar-refractivity contribution < 1.29 is 9.53 Å². The molecular weight excluding hydrogens is 268 g/mol. The Morgan fingerprint density at radius 1 is 1.29 bits per heavy atom. The number of amides is 1. The van der Waals surface area contributed by atoms with E-state index in [2.05, 4.69) is 16.3 Å². The molecular formula is C15H26N4O2. The van der Waals surface area contributed by atoms with E-state index >= 15 is 0 Å². The fraction of sp³-hybridized carbons (Fsp3) is 0.867. The van der Waals surface area contributed by atoms with Crippen molar-refractivity contribution in [3.63, 3.8) is 0 Å². The van der Waals surface area contributed by atoms with Gasteiger partial charge in [0.05, 0.1) is 25.7 Å². The van der Waals surface area contributed by atoms with Gasteiger partial charge in [0.2, 0.25) is 5.91 Å². The Morgan fingerprint density at radius 3 is 2.67 bits per heavy atom. The molecule has 6 nitrogen and oxygen atoms in total. The van der Waals surface area contributed by atoms with Crippen LogP contribution in [0, 0.1) is 17.2 Å². The average Bonchev–Trinajstić information content (AvgIpc) is 2.56. The van der Waals surface area contributed by atoms with Crippen molar-refractivity contribution in [3.8, 4) is 6.07 Å². The van der Waals surface area contributed by atoms with E-state index in [0.717, 1.165) is 65.3 Å². The van der Waals surface area contributed by atoms with E-state index < -0.39 is 0 Å². The number of nitrogens with zero attached hydrogens (tertiary/aromatic N) is 3. The van der Waals surface area contributed by atoms with E-state index in [1.165, 1.54) is 0 Å². The lowest BCUT2D eigenvalue weighted by Crippen LogP contribution is -2.46. The monoisotopic (exact) mass is 294 g/mol. The number of carbonyl (C=O) groups is 1. The summed E-state index contributed by atoms with van der Waals surface area (Å²) in [5, 5.41) is 12.1. The van der Waals surface area contributed by atoms with E-state index in [4.69, 9.17) is 10.00 Å². The van der Waals surface area contributed by atoms with Crippen LogP contribution in [-0.2, 0) is 9.53 Å². The summed E-state index contributed by atoms with van der Waals surface area (Å²) in [6, 6.07) is 2.15. The minimum Gasteiger partial charge on any atom is -0.379 e. The van der Waals surface area contributed by atoms with Crippen LogP contribution in [0.25, 0.3) is 0 Å². The molecule has 1 N–H and O–H groups in total. The van der Waals surface area contributed by atoms with Gasteiger partial charge < -0.3 is 15.0 Å². The molecule has 0 spiro atoms. The van der Waals surface area contributed by atoms with Gasteiger partial charge >= 0.3 is 0 Å². The van der Waals surface area contributed by atoms with Gasteiger partial charge in [0.1, 0.15) is 0 Å². The Balaban J connectivity index is 1.83. The molecule has 0 unspecified atom stereocenters. The molecule has 2 aliphatic rings. The zero-order valence-corrected chi connectivity index (χ0v) is 12.7. The van der Waals surface area contributed by atoms with Gasteiger partial charge in [-0.25, -0.2) is 0 Å². The molecule has 6 heteroatoms. The van der Waals surface area contributed by atoms with Gasteiger partial charge in [-0.05, 0) is 25.9 Å². The first-order valence-electron chi connectivity index (χ1n) is 7.98. The van der Waals surface area contributed by atoms with Crippen molar-refractivity contribution in [2.45, 2.75) is 19.3 Å². The van der Waals surface area contributed by atoms with Crippen LogP contribution in [0.2, 0.25) is 0 Å². The standard InChI is InChI=1S/C15H26N4O2/c16-4-1-7-19(9-8-18-10-12-21-13-11-18)15(20)14-2-5-17-6-3-14/h14,17H,1-3,5-13H2. The van der Waals surface area contributed by atoms with Gasteiger partial charge in [-0.3, -0.25) is 9.69 Å². The summed E-state index contributed by atoms with van der Waals surface area (Å²) in [5.74, 6) is 0.370. The van der Waals surface area contributed by atoms with E-state index in [0.29, 0.717) is 13.0 Å². The molecule has 2 saturated heterocycles. The Labute approximate surface area is 127 Å². The maximum absolute atomic E-state index is 12.6. The first kappa shape index (κ1) is 16.2. The minimum atomic E-state index is 0.134. The molecule has 2 heterocycles. The second kappa shape index (κ2) is 8.98. The summed E-state index contributed by atoms with van der Waals surface area (Å²) >= 11 is 0. The highest BCUT2D eigenvalue weighted by molar-refractivity contribution is 5.79. The lowest BCUT2D eigenvalue weighted by Gasteiger charge is -2.32. The number of hydrogen-bond donors (Lipinski definition) is 1. The van der Waals surface area contributed by atoms with E-state index in [1.807, 2.05) is 4.90 Å². The molecule has 0 radical (unpaired) electrons. The number of morpholine rings is 1. The van der Waals surface area contributed by atoms with Gasteiger partial charge in [0, 0.05) is 38.6 Å². The second-order valence-corrected chi connectivity index (χ2v) is 5.71. The molecule has 0 saturated carbocycles. The average molecular weight is 294 g/mol. The second-order valence-electron chi connectivity index (χ2n) is 5.71. The molecule has 2 rings (SSSR count). The number of nitriles is 1. The summed E-state index contributed by atoms with van der Waals surface area (Å²) in [4.78, 5) is 16.9. The van der Waals surface area contributed by atoms with Gasteiger partial charge in [0.25, 0.3) is 0 Å². The van der Waals surface area contributed by atoms with Crippen molar-refractivity contribution in [1.29, 1.82) is 5.26 Å². The van der Waals surface area contributed by atoms with Crippen molar-refractivity contribution in [2.75, 3.05) is 59.0 Å².